The van der Waals surface area contributed by atoms with Crippen molar-refractivity contribution in [3.8, 4) is 0 Å². The predicted octanol–water partition coefficient (Wildman–Crippen LogP) is 2.86. The number of rotatable bonds is 3. The quantitative estimate of drug-likeness (QED) is 0.858. The Morgan fingerprint density at radius 2 is 2.37 bits per heavy atom. The van der Waals surface area contributed by atoms with Crippen molar-refractivity contribution in [2.45, 2.75) is 37.6 Å². The molecular weight excluding hydrogens is 254 g/mol. The summed E-state index contributed by atoms with van der Waals surface area (Å²) < 4.78 is 31.3. The van der Waals surface area contributed by atoms with Crippen LogP contribution in [0.15, 0.2) is 18.3 Å². The lowest BCUT2D eigenvalue weighted by Crippen LogP contribution is -2.34. The molecule has 0 amide bonds. The second-order valence-electron chi connectivity index (χ2n) is 4.68. The maximum Gasteiger partial charge on any atom is 0.341 e. The molecule has 1 N–H and O–H groups in total. The summed E-state index contributed by atoms with van der Waals surface area (Å²) in [5.74, 6) is -2.87. The van der Waals surface area contributed by atoms with Gasteiger partial charge in [-0.25, -0.2) is 18.6 Å². The van der Waals surface area contributed by atoms with E-state index in [0.717, 1.165) is 0 Å². The van der Waals surface area contributed by atoms with Crippen LogP contribution in [0.2, 0.25) is 0 Å². The molecule has 1 heterocycles. The number of pyridine rings is 1. The van der Waals surface area contributed by atoms with Crippen LogP contribution in [0.4, 0.5) is 14.6 Å². The van der Waals surface area contributed by atoms with Crippen LogP contribution in [0, 0.1) is 0 Å². The molecule has 1 unspecified atom stereocenters. The molecule has 0 bridgehead atoms. The molecule has 0 radical (unpaired) electrons. The van der Waals surface area contributed by atoms with Gasteiger partial charge in [-0.05, 0) is 25.0 Å². The zero-order chi connectivity index (χ0) is 13.9. The maximum absolute atomic E-state index is 13.3. The molecule has 0 spiro atoms. The number of ether oxygens (including phenoxy) is 1. The van der Waals surface area contributed by atoms with Gasteiger partial charge in [-0.3, -0.25) is 0 Å². The Morgan fingerprint density at radius 1 is 1.58 bits per heavy atom. The van der Waals surface area contributed by atoms with Gasteiger partial charge in [-0.15, -0.1) is 0 Å². The Morgan fingerprint density at radius 3 is 3.05 bits per heavy atom. The number of anilines is 1. The molecule has 1 atom stereocenters. The summed E-state index contributed by atoms with van der Waals surface area (Å²) >= 11 is 0. The highest BCUT2D eigenvalue weighted by molar-refractivity contribution is 5.94. The van der Waals surface area contributed by atoms with Crippen LogP contribution < -0.4 is 5.32 Å². The molecule has 104 valence electrons. The highest BCUT2D eigenvalue weighted by atomic mass is 19.3. The third-order valence-electron chi connectivity index (χ3n) is 3.19. The number of esters is 1. The topological polar surface area (TPSA) is 51.2 Å². The van der Waals surface area contributed by atoms with Crippen molar-refractivity contribution < 1.29 is 18.3 Å². The number of carbonyl (C=O) groups is 1. The van der Waals surface area contributed by atoms with Crippen LogP contribution in [-0.4, -0.2) is 30.0 Å². The molecule has 0 saturated heterocycles. The molecule has 0 aliphatic heterocycles. The summed E-state index contributed by atoms with van der Waals surface area (Å²) in [7, 11) is 1.27. The van der Waals surface area contributed by atoms with E-state index in [2.05, 4.69) is 15.0 Å². The van der Waals surface area contributed by atoms with Gasteiger partial charge >= 0.3 is 5.97 Å². The van der Waals surface area contributed by atoms with E-state index in [9.17, 15) is 13.6 Å². The first-order chi connectivity index (χ1) is 9.02. The minimum Gasteiger partial charge on any atom is -0.465 e. The van der Waals surface area contributed by atoms with Crippen molar-refractivity contribution in [1.82, 2.24) is 4.98 Å². The first kappa shape index (κ1) is 13.7. The minimum atomic E-state index is -2.64. The van der Waals surface area contributed by atoms with Crippen LogP contribution in [0.5, 0.6) is 0 Å². The summed E-state index contributed by atoms with van der Waals surface area (Å²) in [6.45, 7) is 0. The number of methoxy groups -OCH3 is 1. The first-order valence-corrected chi connectivity index (χ1v) is 6.19. The van der Waals surface area contributed by atoms with Crippen molar-refractivity contribution in [3.05, 3.63) is 23.9 Å². The van der Waals surface area contributed by atoms with Crippen LogP contribution in [-0.2, 0) is 4.74 Å². The predicted molar refractivity (Wildman–Crippen MR) is 66.4 cm³/mol. The third kappa shape index (κ3) is 3.39. The fourth-order valence-electron chi connectivity index (χ4n) is 2.28. The lowest BCUT2D eigenvalue weighted by atomic mass is 9.92. The molecule has 1 saturated carbocycles. The fraction of sp³-hybridized carbons (Fsp3) is 0.538. The largest absolute Gasteiger partial charge is 0.465 e. The van der Waals surface area contributed by atoms with Crippen molar-refractivity contribution >= 4 is 11.8 Å². The molecule has 1 aromatic heterocycles. The van der Waals surface area contributed by atoms with E-state index < -0.39 is 11.9 Å². The second-order valence-corrected chi connectivity index (χ2v) is 4.68. The SMILES string of the molecule is COC(=O)c1cccnc1NC1CCCC(F)(F)C1. The molecule has 1 aliphatic carbocycles. The highest BCUT2D eigenvalue weighted by Gasteiger charge is 2.36. The summed E-state index contributed by atoms with van der Waals surface area (Å²) in [5, 5.41) is 2.93. The van der Waals surface area contributed by atoms with Gasteiger partial charge in [0.2, 0.25) is 5.92 Å². The maximum atomic E-state index is 13.3. The van der Waals surface area contributed by atoms with Crippen LogP contribution >= 0.6 is 0 Å². The summed E-state index contributed by atoms with van der Waals surface area (Å²) in [6, 6.07) is 2.79. The normalized spacial score (nSPS) is 21.7. The smallest absolute Gasteiger partial charge is 0.341 e. The number of nitrogens with zero attached hydrogens (tertiary/aromatic N) is 1. The molecule has 4 nitrogen and oxygen atoms in total. The fourth-order valence-corrected chi connectivity index (χ4v) is 2.28. The number of alkyl halides is 2. The summed E-state index contributed by atoms with van der Waals surface area (Å²) in [5.41, 5.74) is 0.263. The average Bonchev–Trinajstić information content (AvgIpc) is 2.37. The van der Waals surface area contributed by atoms with Crippen LogP contribution in [0.1, 0.15) is 36.0 Å². The van der Waals surface area contributed by atoms with E-state index in [4.69, 9.17) is 0 Å². The zero-order valence-electron chi connectivity index (χ0n) is 10.7. The van der Waals surface area contributed by atoms with Crippen molar-refractivity contribution in [2.24, 2.45) is 0 Å². The molecule has 2 rings (SSSR count). The van der Waals surface area contributed by atoms with Crippen LogP contribution in [0.25, 0.3) is 0 Å². The highest BCUT2D eigenvalue weighted by Crippen LogP contribution is 2.34. The van der Waals surface area contributed by atoms with Gasteiger partial charge in [0.25, 0.3) is 0 Å². The van der Waals surface area contributed by atoms with Crippen molar-refractivity contribution in [2.75, 3.05) is 12.4 Å². The molecule has 1 fully saturated rings. The number of hydrogen-bond acceptors (Lipinski definition) is 4. The van der Waals surface area contributed by atoms with E-state index >= 15 is 0 Å². The third-order valence-corrected chi connectivity index (χ3v) is 3.19. The standard InChI is InChI=1S/C13H16F2N2O2/c1-19-12(18)10-5-3-7-16-11(10)17-9-4-2-6-13(14,15)8-9/h3,5,7,9H,2,4,6,8H2,1H3,(H,16,17). The minimum absolute atomic E-state index is 0.0722. The van der Waals surface area contributed by atoms with Gasteiger partial charge in [-0.2, -0.15) is 0 Å². The van der Waals surface area contributed by atoms with Crippen molar-refractivity contribution in [1.29, 1.82) is 0 Å². The number of halogens is 2. The first-order valence-electron chi connectivity index (χ1n) is 6.19. The molecular formula is C13H16F2N2O2. The lowest BCUT2D eigenvalue weighted by molar-refractivity contribution is -0.0373. The van der Waals surface area contributed by atoms with Crippen LogP contribution in [0.3, 0.4) is 0 Å². The Balaban J connectivity index is 2.13. The summed E-state index contributed by atoms with van der Waals surface area (Å²) in [6.07, 6.45) is 2.31. The Bertz CT molecular complexity index is 466. The second kappa shape index (κ2) is 5.50. The van der Waals surface area contributed by atoms with E-state index in [-0.39, 0.29) is 24.4 Å². The van der Waals surface area contributed by atoms with E-state index in [1.165, 1.54) is 13.3 Å². The Hall–Kier alpha value is -1.72. The van der Waals surface area contributed by atoms with E-state index in [1.54, 1.807) is 12.1 Å². The Labute approximate surface area is 110 Å². The van der Waals surface area contributed by atoms with Gasteiger partial charge in [0.15, 0.2) is 0 Å². The van der Waals surface area contributed by atoms with Gasteiger partial charge in [-0.1, -0.05) is 0 Å². The van der Waals surface area contributed by atoms with Gasteiger partial charge < -0.3 is 10.1 Å². The average molecular weight is 270 g/mol. The monoisotopic (exact) mass is 270 g/mol. The molecule has 19 heavy (non-hydrogen) atoms. The van der Waals surface area contributed by atoms with Crippen molar-refractivity contribution in [3.63, 3.8) is 0 Å². The van der Waals surface area contributed by atoms with E-state index in [0.29, 0.717) is 18.7 Å². The van der Waals surface area contributed by atoms with Gasteiger partial charge in [0.05, 0.1) is 7.11 Å². The summed E-state index contributed by atoms with van der Waals surface area (Å²) in [4.78, 5) is 15.6. The van der Waals surface area contributed by atoms with Gasteiger partial charge in [0.1, 0.15) is 11.4 Å². The molecule has 1 aromatic rings. The van der Waals surface area contributed by atoms with E-state index in [1.807, 2.05) is 0 Å². The number of aromatic nitrogens is 1. The molecule has 6 heteroatoms. The number of carbonyl (C=O) groups excluding carboxylic acids is 1. The number of nitrogens with one attached hydrogen (secondary N) is 1. The Kier molecular flexibility index (Phi) is 3.97. The zero-order valence-corrected chi connectivity index (χ0v) is 10.7. The van der Waals surface area contributed by atoms with Gasteiger partial charge in [0, 0.05) is 25.1 Å². The molecule has 0 aromatic carbocycles. The molecule has 1 aliphatic rings. The lowest BCUT2D eigenvalue weighted by Gasteiger charge is -2.30. The number of hydrogen-bond donors (Lipinski definition) is 1.